The first-order valence-electron chi connectivity index (χ1n) is 8.30. The summed E-state index contributed by atoms with van der Waals surface area (Å²) in [4.78, 5) is 15.1. The maximum atomic E-state index is 13.6. The molecule has 5 nitrogen and oxygen atoms in total. The molecule has 3 N–H and O–H groups in total. The van der Waals surface area contributed by atoms with Gasteiger partial charge in [0, 0.05) is 11.7 Å². The first-order chi connectivity index (χ1) is 11.3. The van der Waals surface area contributed by atoms with Crippen LogP contribution in [-0.4, -0.2) is 54.7 Å². The number of piperazine rings is 1. The number of thiocarbonyl (C=S) groups is 1. The van der Waals surface area contributed by atoms with Crippen LogP contribution in [0.5, 0.6) is 0 Å². The number of benzene rings is 1. The van der Waals surface area contributed by atoms with Crippen LogP contribution in [0.2, 0.25) is 0 Å². The van der Waals surface area contributed by atoms with Crippen LogP contribution in [0.3, 0.4) is 0 Å². The van der Waals surface area contributed by atoms with Crippen molar-refractivity contribution in [3.8, 4) is 0 Å². The highest BCUT2D eigenvalue weighted by molar-refractivity contribution is 7.80. The van der Waals surface area contributed by atoms with Crippen LogP contribution < -0.4 is 15.5 Å². The van der Waals surface area contributed by atoms with Gasteiger partial charge in [-0.25, -0.2) is 4.39 Å². The van der Waals surface area contributed by atoms with E-state index in [4.69, 9.17) is 12.2 Å². The second kappa shape index (κ2) is 8.39. The molecule has 1 heterocycles. The van der Waals surface area contributed by atoms with E-state index in [1.165, 1.54) is 11.0 Å². The SMILES string of the molecule is Cc1ccc(NC(=S)N2CC[NH+](CC(=O)NC(C)C)CC2)cc1F. The Hall–Kier alpha value is -1.73. The number of nitrogens with one attached hydrogen (secondary N) is 3. The van der Waals surface area contributed by atoms with E-state index in [2.05, 4.69) is 15.5 Å². The monoisotopic (exact) mass is 353 g/mol. The Bertz CT molecular complexity index is 600. The number of halogens is 1. The number of hydrogen-bond donors (Lipinski definition) is 3. The van der Waals surface area contributed by atoms with Crippen molar-refractivity contribution in [2.45, 2.75) is 26.8 Å². The second-order valence-electron chi connectivity index (χ2n) is 6.53. The summed E-state index contributed by atoms with van der Waals surface area (Å²) in [6.07, 6.45) is 0. The molecule has 0 bridgehead atoms. The summed E-state index contributed by atoms with van der Waals surface area (Å²) >= 11 is 5.42. The van der Waals surface area contributed by atoms with Crippen molar-refractivity contribution in [2.75, 3.05) is 38.0 Å². The van der Waals surface area contributed by atoms with Crippen LogP contribution in [0.4, 0.5) is 10.1 Å². The van der Waals surface area contributed by atoms with Gasteiger partial charge in [0.25, 0.3) is 5.91 Å². The van der Waals surface area contributed by atoms with Gasteiger partial charge in [0.05, 0.1) is 26.2 Å². The van der Waals surface area contributed by atoms with Crippen LogP contribution >= 0.6 is 12.2 Å². The van der Waals surface area contributed by atoms with E-state index < -0.39 is 0 Å². The third-order valence-electron chi connectivity index (χ3n) is 4.04. The molecular weight excluding hydrogens is 327 g/mol. The molecule has 1 saturated heterocycles. The van der Waals surface area contributed by atoms with Gasteiger partial charge >= 0.3 is 0 Å². The van der Waals surface area contributed by atoms with E-state index in [1.54, 1.807) is 13.0 Å². The predicted molar refractivity (Wildman–Crippen MR) is 97.8 cm³/mol. The first-order valence-corrected chi connectivity index (χ1v) is 8.71. The minimum Gasteiger partial charge on any atom is -0.349 e. The van der Waals surface area contributed by atoms with Gasteiger partial charge in [-0.1, -0.05) is 6.07 Å². The summed E-state index contributed by atoms with van der Waals surface area (Å²) in [5.41, 5.74) is 1.28. The average Bonchev–Trinajstić information content (AvgIpc) is 2.50. The van der Waals surface area contributed by atoms with Crippen molar-refractivity contribution >= 4 is 28.9 Å². The lowest BCUT2D eigenvalue weighted by Crippen LogP contribution is -3.16. The maximum Gasteiger partial charge on any atom is 0.275 e. The van der Waals surface area contributed by atoms with Crippen LogP contribution in [0.25, 0.3) is 0 Å². The van der Waals surface area contributed by atoms with Crippen molar-refractivity contribution in [1.29, 1.82) is 0 Å². The summed E-state index contributed by atoms with van der Waals surface area (Å²) < 4.78 is 13.6. The van der Waals surface area contributed by atoms with Crippen LogP contribution in [0, 0.1) is 12.7 Å². The zero-order valence-electron chi connectivity index (χ0n) is 14.5. The lowest BCUT2D eigenvalue weighted by Gasteiger charge is -2.33. The van der Waals surface area contributed by atoms with Gasteiger partial charge in [0.1, 0.15) is 5.82 Å². The van der Waals surface area contributed by atoms with Gasteiger partial charge in [-0.2, -0.15) is 0 Å². The molecule has 1 aromatic rings. The third-order valence-corrected chi connectivity index (χ3v) is 4.40. The number of carbonyl (C=O) groups excluding carboxylic acids is 1. The molecule has 0 aliphatic carbocycles. The number of carbonyl (C=O) groups is 1. The van der Waals surface area contributed by atoms with Crippen molar-refractivity contribution in [3.05, 3.63) is 29.6 Å². The van der Waals surface area contributed by atoms with E-state index in [9.17, 15) is 9.18 Å². The molecular formula is C17H26FN4OS+. The Morgan fingerprint density at radius 2 is 2.04 bits per heavy atom. The molecule has 1 aliphatic rings. The highest BCUT2D eigenvalue weighted by atomic mass is 32.1. The Labute approximate surface area is 148 Å². The Morgan fingerprint density at radius 3 is 2.62 bits per heavy atom. The van der Waals surface area contributed by atoms with Crippen LogP contribution in [-0.2, 0) is 4.79 Å². The second-order valence-corrected chi connectivity index (χ2v) is 6.92. The quantitative estimate of drug-likeness (QED) is 0.692. The minimum absolute atomic E-state index is 0.0873. The van der Waals surface area contributed by atoms with Gasteiger partial charge in [-0.3, -0.25) is 4.79 Å². The molecule has 24 heavy (non-hydrogen) atoms. The fourth-order valence-electron chi connectivity index (χ4n) is 2.68. The summed E-state index contributed by atoms with van der Waals surface area (Å²) in [5, 5.41) is 6.61. The maximum absolute atomic E-state index is 13.6. The van der Waals surface area contributed by atoms with Crippen molar-refractivity contribution in [3.63, 3.8) is 0 Å². The number of nitrogens with zero attached hydrogens (tertiary/aromatic N) is 1. The zero-order valence-corrected chi connectivity index (χ0v) is 15.3. The number of rotatable bonds is 4. The molecule has 2 rings (SSSR count). The van der Waals surface area contributed by atoms with Crippen LogP contribution in [0.1, 0.15) is 19.4 Å². The average molecular weight is 353 g/mol. The van der Waals surface area contributed by atoms with E-state index >= 15 is 0 Å². The topological polar surface area (TPSA) is 48.8 Å². The summed E-state index contributed by atoms with van der Waals surface area (Å²) in [6.45, 7) is 9.43. The molecule has 132 valence electrons. The third kappa shape index (κ3) is 5.42. The summed E-state index contributed by atoms with van der Waals surface area (Å²) in [6, 6.07) is 5.18. The largest absolute Gasteiger partial charge is 0.349 e. The highest BCUT2D eigenvalue weighted by Crippen LogP contribution is 2.14. The first kappa shape index (κ1) is 18.6. The van der Waals surface area contributed by atoms with Crippen molar-refractivity contribution in [1.82, 2.24) is 10.2 Å². The molecule has 1 aromatic carbocycles. The van der Waals surface area contributed by atoms with Gasteiger partial charge in [-0.05, 0) is 50.7 Å². The molecule has 0 unspecified atom stereocenters. The standard InChI is InChI=1S/C17H25FN4OS/c1-12(2)19-16(23)11-21-6-8-22(9-7-21)17(24)20-14-5-4-13(3)15(18)10-14/h4-5,10,12H,6-9,11H2,1-3H3,(H,19,23)(H,20,24)/p+1. The number of hydrogen-bond acceptors (Lipinski definition) is 2. The molecule has 0 aromatic heterocycles. The van der Waals surface area contributed by atoms with E-state index in [1.807, 2.05) is 19.9 Å². The van der Waals surface area contributed by atoms with Gasteiger partial charge in [0.15, 0.2) is 11.7 Å². The van der Waals surface area contributed by atoms with E-state index in [0.717, 1.165) is 26.2 Å². The molecule has 1 fully saturated rings. The fraction of sp³-hybridized carbons (Fsp3) is 0.529. The molecule has 0 atom stereocenters. The Kier molecular flexibility index (Phi) is 6.51. The van der Waals surface area contributed by atoms with Gasteiger partial charge in [0.2, 0.25) is 0 Å². The molecule has 1 amide bonds. The Balaban J connectivity index is 1.80. The molecule has 0 saturated carbocycles. The number of amides is 1. The molecule has 7 heteroatoms. The summed E-state index contributed by atoms with van der Waals surface area (Å²) in [5.74, 6) is -0.155. The lowest BCUT2D eigenvalue weighted by atomic mass is 10.2. The fourth-order valence-corrected chi connectivity index (χ4v) is 2.98. The zero-order chi connectivity index (χ0) is 17.7. The molecule has 0 spiro atoms. The number of anilines is 1. The summed E-state index contributed by atoms with van der Waals surface area (Å²) in [7, 11) is 0. The van der Waals surface area contributed by atoms with Gasteiger partial charge in [-0.15, -0.1) is 0 Å². The highest BCUT2D eigenvalue weighted by Gasteiger charge is 2.23. The number of aryl methyl sites for hydroxylation is 1. The van der Waals surface area contributed by atoms with Crippen molar-refractivity contribution < 1.29 is 14.1 Å². The smallest absolute Gasteiger partial charge is 0.275 e. The van der Waals surface area contributed by atoms with Crippen LogP contribution in [0.15, 0.2) is 18.2 Å². The minimum atomic E-state index is -0.242. The number of quaternary nitrogens is 1. The van der Waals surface area contributed by atoms with E-state index in [-0.39, 0.29) is 17.8 Å². The molecule has 0 radical (unpaired) electrons. The lowest BCUT2D eigenvalue weighted by molar-refractivity contribution is -0.895. The Morgan fingerprint density at radius 1 is 1.38 bits per heavy atom. The normalized spacial score (nSPS) is 15.5. The molecule has 1 aliphatic heterocycles. The predicted octanol–water partition coefficient (Wildman–Crippen LogP) is 0.556. The van der Waals surface area contributed by atoms with Crippen molar-refractivity contribution in [2.24, 2.45) is 0 Å². The van der Waals surface area contributed by atoms with Gasteiger partial charge < -0.3 is 20.4 Å². The van der Waals surface area contributed by atoms with E-state index in [0.29, 0.717) is 22.9 Å².